The Morgan fingerprint density at radius 2 is 2.05 bits per heavy atom. The number of rotatable bonds is 6. The van der Waals surface area contributed by atoms with Gasteiger partial charge in [0.15, 0.2) is 0 Å². The average Bonchev–Trinajstić information content (AvgIpc) is 2.25. The molecule has 0 bridgehead atoms. The topological polar surface area (TPSA) is 92.4 Å². The molecule has 0 radical (unpaired) electrons. The van der Waals surface area contributed by atoms with Crippen molar-refractivity contribution in [3.8, 4) is 0 Å². The second kappa shape index (κ2) is 7.03. The molecule has 0 aromatic heterocycles. The summed E-state index contributed by atoms with van der Waals surface area (Å²) in [6.07, 6.45) is 0.627. The molecule has 0 heterocycles. The summed E-state index contributed by atoms with van der Waals surface area (Å²) in [5.41, 5.74) is 5.87. The van der Waals surface area contributed by atoms with E-state index in [-0.39, 0.29) is 17.1 Å². The van der Waals surface area contributed by atoms with E-state index >= 15 is 0 Å². The third-order valence-corrected chi connectivity index (χ3v) is 5.32. The highest BCUT2D eigenvalue weighted by Crippen LogP contribution is 2.31. The molecule has 0 aliphatic carbocycles. The number of aliphatic hydroxyl groups is 1. The molecule has 0 aliphatic heterocycles. The molecule has 5 nitrogen and oxygen atoms in total. The van der Waals surface area contributed by atoms with E-state index < -0.39 is 16.1 Å². The van der Waals surface area contributed by atoms with Gasteiger partial charge in [-0.3, -0.25) is 0 Å². The Morgan fingerprint density at radius 1 is 1.42 bits per heavy atom. The summed E-state index contributed by atoms with van der Waals surface area (Å²) in [6, 6.07) is 3.12. The number of nitrogens with two attached hydrogens (primary N) is 1. The van der Waals surface area contributed by atoms with Crippen LogP contribution in [0.3, 0.4) is 0 Å². The molecule has 4 N–H and O–H groups in total. The Morgan fingerprint density at radius 3 is 2.58 bits per heavy atom. The number of anilines is 1. The largest absolute Gasteiger partial charge is 0.398 e. The maximum absolute atomic E-state index is 12.1. The second-order valence-electron chi connectivity index (χ2n) is 4.10. The van der Waals surface area contributed by atoms with Crippen LogP contribution in [-0.2, 0) is 10.0 Å². The SMILES string of the molecule is CCCC(O)CNS(=O)(=O)c1c(N)cc(Br)cc1Br. The Hall–Kier alpha value is -0.150. The standard InChI is InChI=1S/C11H16Br2N2O3S/c1-2-3-8(16)6-15-19(17,18)11-9(13)4-7(12)5-10(11)14/h4-5,8,15-16H,2-3,6,14H2,1H3. The minimum atomic E-state index is -3.75. The number of nitrogen functional groups attached to an aromatic ring is 1. The molecule has 0 amide bonds. The fourth-order valence-electron chi connectivity index (χ4n) is 1.58. The van der Waals surface area contributed by atoms with Crippen LogP contribution in [0.2, 0.25) is 0 Å². The van der Waals surface area contributed by atoms with Gasteiger partial charge in [0, 0.05) is 15.5 Å². The van der Waals surface area contributed by atoms with Crippen LogP contribution in [0.25, 0.3) is 0 Å². The number of aliphatic hydroxyl groups excluding tert-OH is 1. The predicted octanol–water partition coefficient (Wildman–Crippen LogP) is 2.23. The van der Waals surface area contributed by atoms with Crippen molar-refractivity contribution in [2.75, 3.05) is 12.3 Å². The molecule has 0 spiro atoms. The number of hydrogen-bond donors (Lipinski definition) is 3. The van der Waals surface area contributed by atoms with Gasteiger partial charge in [0.2, 0.25) is 10.0 Å². The zero-order chi connectivity index (χ0) is 14.6. The summed E-state index contributed by atoms with van der Waals surface area (Å²) in [5, 5.41) is 9.56. The van der Waals surface area contributed by atoms with Gasteiger partial charge in [-0.15, -0.1) is 0 Å². The molecule has 1 aromatic rings. The van der Waals surface area contributed by atoms with Crippen molar-refractivity contribution in [3.63, 3.8) is 0 Å². The molecule has 1 unspecified atom stereocenters. The van der Waals surface area contributed by atoms with Gasteiger partial charge >= 0.3 is 0 Å². The summed E-state index contributed by atoms with van der Waals surface area (Å²) in [4.78, 5) is -0.0144. The highest BCUT2D eigenvalue weighted by Gasteiger charge is 2.22. The van der Waals surface area contributed by atoms with E-state index in [1.165, 1.54) is 6.07 Å². The molecular formula is C11H16Br2N2O3S. The van der Waals surface area contributed by atoms with E-state index in [1.54, 1.807) is 6.07 Å². The first kappa shape index (κ1) is 16.9. The Balaban J connectivity index is 2.95. The number of hydrogen-bond acceptors (Lipinski definition) is 4. The first-order chi connectivity index (χ1) is 8.77. The highest BCUT2D eigenvalue weighted by atomic mass is 79.9. The Kier molecular flexibility index (Phi) is 6.25. The van der Waals surface area contributed by atoms with Gasteiger partial charge in [0.25, 0.3) is 0 Å². The van der Waals surface area contributed by atoms with Crippen LogP contribution in [0.5, 0.6) is 0 Å². The third kappa shape index (κ3) is 4.71. The maximum atomic E-state index is 12.1. The molecule has 0 aliphatic rings. The van der Waals surface area contributed by atoms with Crippen molar-refractivity contribution >= 4 is 47.6 Å². The van der Waals surface area contributed by atoms with E-state index in [2.05, 4.69) is 36.6 Å². The molecular weight excluding hydrogens is 400 g/mol. The van der Waals surface area contributed by atoms with Crippen LogP contribution in [0.4, 0.5) is 5.69 Å². The first-order valence-corrected chi connectivity index (χ1v) is 8.77. The highest BCUT2D eigenvalue weighted by molar-refractivity contribution is 9.11. The fourth-order valence-corrected chi connectivity index (χ4v) is 4.72. The van der Waals surface area contributed by atoms with Gasteiger partial charge in [-0.2, -0.15) is 0 Å². The van der Waals surface area contributed by atoms with Gasteiger partial charge in [-0.25, -0.2) is 13.1 Å². The molecule has 0 saturated heterocycles. The van der Waals surface area contributed by atoms with Crippen molar-refractivity contribution in [1.82, 2.24) is 4.72 Å². The van der Waals surface area contributed by atoms with Crippen LogP contribution in [0.15, 0.2) is 26.0 Å². The monoisotopic (exact) mass is 414 g/mol. The summed E-state index contributed by atoms with van der Waals surface area (Å²) < 4.78 is 27.7. The maximum Gasteiger partial charge on any atom is 0.243 e. The van der Waals surface area contributed by atoms with Crippen molar-refractivity contribution in [3.05, 3.63) is 21.1 Å². The van der Waals surface area contributed by atoms with Crippen molar-refractivity contribution < 1.29 is 13.5 Å². The average molecular weight is 416 g/mol. The quantitative estimate of drug-likeness (QED) is 0.621. The normalized spacial score (nSPS) is 13.5. The lowest BCUT2D eigenvalue weighted by atomic mass is 10.2. The van der Waals surface area contributed by atoms with Crippen LogP contribution < -0.4 is 10.5 Å². The smallest absolute Gasteiger partial charge is 0.243 e. The summed E-state index contributed by atoms with van der Waals surface area (Å²) in [6.45, 7) is 1.89. The van der Waals surface area contributed by atoms with Crippen molar-refractivity contribution in [2.24, 2.45) is 0 Å². The minimum absolute atomic E-state index is 0.0144. The van der Waals surface area contributed by atoms with Crippen LogP contribution >= 0.6 is 31.9 Å². The van der Waals surface area contributed by atoms with Crippen LogP contribution in [-0.4, -0.2) is 26.2 Å². The molecule has 1 aromatic carbocycles. The molecule has 108 valence electrons. The van der Waals surface area contributed by atoms with E-state index in [1.807, 2.05) is 6.92 Å². The van der Waals surface area contributed by atoms with Crippen LogP contribution in [0, 0.1) is 0 Å². The number of sulfonamides is 1. The van der Waals surface area contributed by atoms with E-state index in [4.69, 9.17) is 5.73 Å². The zero-order valence-corrected chi connectivity index (χ0v) is 14.3. The molecule has 0 saturated carbocycles. The number of halogens is 2. The van der Waals surface area contributed by atoms with Gasteiger partial charge in [0.1, 0.15) is 4.90 Å². The molecule has 1 rings (SSSR count). The Bertz CT molecular complexity index is 526. The fraction of sp³-hybridized carbons (Fsp3) is 0.455. The van der Waals surface area contributed by atoms with Crippen molar-refractivity contribution in [1.29, 1.82) is 0 Å². The second-order valence-corrected chi connectivity index (χ2v) is 7.57. The van der Waals surface area contributed by atoms with Crippen LogP contribution in [0.1, 0.15) is 19.8 Å². The van der Waals surface area contributed by atoms with Gasteiger partial charge in [0.05, 0.1) is 11.8 Å². The molecule has 0 fully saturated rings. The van der Waals surface area contributed by atoms with Gasteiger partial charge in [-0.1, -0.05) is 29.3 Å². The minimum Gasteiger partial charge on any atom is -0.398 e. The number of benzene rings is 1. The molecule has 1 atom stereocenters. The first-order valence-electron chi connectivity index (χ1n) is 5.70. The lowest BCUT2D eigenvalue weighted by molar-refractivity contribution is 0.167. The lowest BCUT2D eigenvalue weighted by Gasteiger charge is -2.14. The Labute approximate surface area is 129 Å². The van der Waals surface area contributed by atoms with E-state index in [9.17, 15) is 13.5 Å². The summed E-state index contributed by atoms with van der Waals surface area (Å²) >= 11 is 6.41. The molecule has 19 heavy (non-hydrogen) atoms. The summed E-state index contributed by atoms with van der Waals surface area (Å²) in [7, 11) is -3.75. The third-order valence-electron chi connectivity index (χ3n) is 2.44. The zero-order valence-electron chi connectivity index (χ0n) is 10.4. The van der Waals surface area contributed by atoms with Crippen molar-refractivity contribution in [2.45, 2.75) is 30.8 Å². The summed E-state index contributed by atoms with van der Waals surface area (Å²) in [5.74, 6) is 0. The van der Waals surface area contributed by atoms with E-state index in [0.29, 0.717) is 15.4 Å². The molecule has 8 heteroatoms. The van der Waals surface area contributed by atoms with Gasteiger partial charge in [-0.05, 0) is 34.5 Å². The lowest BCUT2D eigenvalue weighted by Crippen LogP contribution is -2.32. The van der Waals surface area contributed by atoms with E-state index in [0.717, 1.165) is 6.42 Å². The predicted molar refractivity (Wildman–Crippen MR) is 82.4 cm³/mol. The number of nitrogens with one attached hydrogen (secondary N) is 1. The van der Waals surface area contributed by atoms with Gasteiger partial charge < -0.3 is 10.8 Å².